The number of nitrogens with two attached hydrogens (primary N) is 1. The summed E-state index contributed by atoms with van der Waals surface area (Å²) in [5, 5.41) is 15.1. The molecule has 0 radical (unpaired) electrons. The van der Waals surface area contributed by atoms with Crippen molar-refractivity contribution in [3.8, 4) is 0 Å². The number of nitrogens with one attached hydrogen (secondary N) is 2. The monoisotopic (exact) mass is 271 g/mol. The Kier molecular flexibility index (Phi) is 4.84. The van der Waals surface area contributed by atoms with Crippen LogP contribution >= 0.6 is 0 Å². The van der Waals surface area contributed by atoms with Gasteiger partial charge in [0.15, 0.2) is 0 Å². The molecule has 0 aromatic heterocycles. The Morgan fingerprint density at radius 2 is 1.84 bits per heavy atom. The number of hydrogen-bond donors (Lipinski definition) is 3. The van der Waals surface area contributed by atoms with Crippen LogP contribution in [0, 0.1) is 10.6 Å². The fraction of sp³-hybridized carbons (Fsp3) is 1.00. The van der Waals surface area contributed by atoms with Gasteiger partial charge in [-0.2, -0.15) is 5.90 Å². The van der Waals surface area contributed by atoms with Crippen LogP contribution in [0.4, 0.5) is 0 Å². The summed E-state index contributed by atoms with van der Waals surface area (Å²) in [6.45, 7) is 2.43. The van der Waals surface area contributed by atoms with Crippen LogP contribution in [0.3, 0.4) is 0 Å². The van der Waals surface area contributed by atoms with Gasteiger partial charge in [-0.25, -0.2) is 5.23 Å². The second-order valence-corrected chi connectivity index (χ2v) is 6.66. The van der Waals surface area contributed by atoms with Gasteiger partial charge in [0.05, 0.1) is 0 Å². The molecule has 5 nitrogen and oxygen atoms in total. The van der Waals surface area contributed by atoms with Gasteiger partial charge in [0.2, 0.25) is 0 Å². The van der Waals surface area contributed by atoms with Gasteiger partial charge < -0.3 is 10.5 Å². The van der Waals surface area contributed by atoms with Crippen molar-refractivity contribution in [3.63, 3.8) is 0 Å². The molecule has 112 valence electrons. The van der Waals surface area contributed by atoms with Crippen molar-refractivity contribution in [2.45, 2.75) is 76.3 Å². The summed E-state index contributed by atoms with van der Waals surface area (Å²) in [5.74, 6) is 5.04. The van der Waals surface area contributed by atoms with Gasteiger partial charge in [-0.05, 0) is 44.6 Å². The Balaban J connectivity index is 2.10. The predicted molar refractivity (Wildman–Crippen MR) is 74.8 cm³/mol. The van der Waals surface area contributed by atoms with Gasteiger partial charge in [-0.3, -0.25) is 0 Å². The Morgan fingerprint density at radius 3 is 2.42 bits per heavy atom. The molecule has 0 aromatic carbocycles. The van der Waals surface area contributed by atoms with Gasteiger partial charge >= 0.3 is 0 Å². The lowest BCUT2D eigenvalue weighted by molar-refractivity contribution is -1.07. The highest BCUT2D eigenvalue weighted by atomic mass is 16.9. The molecule has 19 heavy (non-hydrogen) atoms. The number of hydroxylamine groups is 2. The zero-order chi connectivity index (χ0) is 13.9. The van der Waals surface area contributed by atoms with E-state index in [0.717, 1.165) is 32.1 Å². The molecule has 0 saturated heterocycles. The fourth-order valence-corrected chi connectivity index (χ4v) is 4.46. The van der Waals surface area contributed by atoms with Crippen LogP contribution in [0.5, 0.6) is 0 Å². The van der Waals surface area contributed by atoms with E-state index in [2.05, 4.69) is 24.2 Å². The van der Waals surface area contributed by atoms with Crippen molar-refractivity contribution in [3.05, 3.63) is 5.21 Å². The lowest BCUT2D eigenvalue weighted by atomic mass is 9.65. The third kappa shape index (κ3) is 2.81. The lowest BCUT2D eigenvalue weighted by Gasteiger charge is -2.47. The normalized spacial score (nSPS) is 36.9. The van der Waals surface area contributed by atoms with Gasteiger partial charge in [-0.15, -0.1) is 4.94 Å². The molecule has 2 aliphatic carbocycles. The highest BCUT2D eigenvalue weighted by Gasteiger charge is 2.49. The maximum absolute atomic E-state index is 11.7. The van der Waals surface area contributed by atoms with Crippen LogP contribution < -0.4 is 16.4 Å². The first-order valence-corrected chi connectivity index (χ1v) is 7.66. The van der Waals surface area contributed by atoms with E-state index in [1.807, 2.05) is 0 Å². The molecular weight excluding hydrogens is 242 g/mol. The second-order valence-electron chi connectivity index (χ2n) is 6.66. The number of quaternary nitrogens is 1. The van der Waals surface area contributed by atoms with Crippen molar-refractivity contribution in [1.82, 2.24) is 5.32 Å². The van der Waals surface area contributed by atoms with Gasteiger partial charge in [-0.1, -0.05) is 19.8 Å². The number of hydrogen-bond acceptors (Lipinski definition) is 4. The van der Waals surface area contributed by atoms with Crippen molar-refractivity contribution in [2.75, 3.05) is 7.05 Å². The second kappa shape index (κ2) is 6.06. The average molecular weight is 271 g/mol. The van der Waals surface area contributed by atoms with Crippen molar-refractivity contribution in [1.29, 1.82) is 0 Å². The van der Waals surface area contributed by atoms with Crippen LogP contribution in [-0.2, 0) is 4.94 Å². The minimum Gasteiger partial charge on any atom is -0.598 e. The van der Waals surface area contributed by atoms with Crippen LogP contribution in [0.2, 0.25) is 0 Å². The summed E-state index contributed by atoms with van der Waals surface area (Å²) in [7, 11) is 2.09. The molecule has 2 fully saturated rings. The summed E-state index contributed by atoms with van der Waals surface area (Å²) in [5.41, 5.74) is 0.566. The van der Waals surface area contributed by atoms with Crippen LogP contribution in [0.25, 0.3) is 0 Å². The molecule has 0 heterocycles. The zero-order valence-electron chi connectivity index (χ0n) is 12.3. The quantitative estimate of drug-likeness (QED) is 0.528. The first kappa shape index (κ1) is 15.2. The van der Waals surface area contributed by atoms with E-state index in [1.54, 1.807) is 0 Å². The lowest BCUT2D eigenvalue weighted by Crippen LogP contribution is -3.11. The maximum atomic E-state index is 11.7. The van der Waals surface area contributed by atoms with Gasteiger partial charge in [0, 0.05) is 18.4 Å². The van der Waals surface area contributed by atoms with Crippen molar-refractivity contribution in [2.24, 2.45) is 11.3 Å². The first-order valence-electron chi connectivity index (χ1n) is 7.66. The van der Waals surface area contributed by atoms with Crippen LogP contribution in [0.15, 0.2) is 0 Å². The summed E-state index contributed by atoms with van der Waals surface area (Å²) >= 11 is 0. The van der Waals surface area contributed by atoms with Crippen LogP contribution in [0.1, 0.15) is 64.7 Å². The van der Waals surface area contributed by atoms with Gasteiger partial charge in [0.1, 0.15) is 6.04 Å². The molecule has 2 aliphatic rings. The Morgan fingerprint density at radius 1 is 1.16 bits per heavy atom. The highest BCUT2D eigenvalue weighted by molar-refractivity contribution is 5.04. The van der Waals surface area contributed by atoms with Gasteiger partial charge in [0.25, 0.3) is 0 Å². The third-order valence-corrected chi connectivity index (χ3v) is 5.87. The summed E-state index contributed by atoms with van der Waals surface area (Å²) in [4.78, 5) is 4.44. The minimum absolute atomic E-state index is 0.00905. The average Bonchev–Trinajstić information content (AvgIpc) is 2.76. The summed E-state index contributed by atoms with van der Waals surface area (Å²) < 4.78 is 0. The largest absolute Gasteiger partial charge is 0.598 e. The molecule has 0 bridgehead atoms. The van der Waals surface area contributed by atoms with Crippen molar-refractivity contribution >= 4 is 0 Å². The maximum Gasteiger partial charge on any atom is 0.119 e. The summed E-state index contributed by atoms with van der Waals surface area (Å²) in [6.07, 6.45) is 10.4. The van der Waals surface area contributed by atoms with E-state index in [9.17, 15) is 5.21 Å². The third-order valence-electron chi connectivity index (χ3n) is 5.87. The topological polar surface area (TPSA) is 74.8 Å². The zero-order valence-corrected chi connectivity index (χ0v) is 12.3. The number of rotatable bonds is 4. The molecule has 3 unspecified atom stereocenters. The molecule has 0 aromatic rings. The van der Waals surface area contributed by atoms with E-state index in [-0.39, 0.29) is 16.8 Å². The molecule has 4 N–H and O–H groups in total. The molecular formula is C14H29N3O2. The fourth-order valence-electron chi connectivity index (χ4n) is 4.46. The van der Waals surface area contributed by atoms with E-state index in [0.29, 0.717) is 5.41 Å². The van der Waals surface area contributed by atoms with Crippen molar-refractivity contribution < 1.29 is 10.2 Å². The van der Waals surface area contributed by atoms with E-state index >= 15 is 0 Å². The highest BCUT2D eigenvalue weighted by Crippen LogP contribution is 2.51. The Bertz CT molecular complexity index is 294. The molecule has 0 aliphatic heterocycles. The predicted octanol–water partition coefficient (Wildman–Crippen LogP) is 1.05. The van der Waals surface area contributed by atoms with Crippen LogP contribution in [-0.4, -0.2) is 18.6 Å². The van der Waals surface area contributed by atoms with E-state index < -0.39 is 0 Å². The first-order chi connectivity index (χ1) is 9.07. The molecule has 0 spiro atoms. The molecule has 3 atom stereocenters. The minimum atomic E-state index is -0.233. The Labute approximate surface area is 116 Å². The molecule has 5 heteroatoms. The summed E-state index contributed by atoms with van der Waals surface area (Å²) in [6, 6.07) is -0.00905. The van der Waals surface area contributed by atoms with E-state index in [4.69, 9.17) is 5.90 Å². The standard InChI is InChI=1S/C14H29N3O2/c1-13(8-3-4-9-13)14(16-2)10-5-6-12(7-11-14)17(18)19-15/h12,16-17H,3-11,15H2,1-2H3. The molecule has 0 amide bonds. The molecule has 2 rings (SSSR count). The molecule has 2 saturated carbocycles. The smallest absolute Gasteiger partial charge is 0.119 e. The SMILES string of the molecule is CNC1(C2(C)CCCC2)CCCC([NH+]([O-])ON)CC1. The van der Waals surface area contributed by atoms with E-state index in [1.165, 1.54) is 25.7 Å². The Hall–Kier alpha value is -0.200.